The van der Waals surface area contributed by atoms with Crippen molar-refractivity contribution in [2.75, 3.05) is 24.5 Å². The van der Waals surface area contributed by atoms with Crippen LogP contribution in [-0.2, 0) is 7.05 Å². The smallest absolute Gasteiger partial charge is 0.257 e. The Hall–Kier alpha value is -2.08. The van der Waals surface area contributed by atoms with Crippen LogP contribution in [0.4, 0.5) is 5.82 Å². The SMILES string of the molecule is CC1CN(c2ncccc2Cl)CCN1C(=O)c1cnn(C)c1. The van der Waals surface area contributed by atoms with E-state index in [0.717, 1.165) is 5.82 Å². The lowest BCUT2D eigenvalue weighted by Gasteiger charge is -2.40. The summed E-state index contributed by atoms with van der Waals surface area (Å²) in [5.41, 5.74) is 0.624. The molecule has 3 rings (SSSR count). The summed E-state index contributed by atoms with van der Waals surface area (Å²) in [5.74, 6) is 0.803. The van der Waals surface area contributed by atoms with E-state index in [1.807, 2.05) is 24.0 Å². The second kappa shape index (κ2) is 5.96. The van der Waals surface area contributed by atoms with E-state index in [9.17, 15) is 4.79 Å². The van der Waals surface area contributed by atoms with Gasteiger partial charge >= 0.3 is 0 Å². The van der Waals surface area contributed by atoms with Crippen LogP contribution in [0.25, 0.3) is 0 Å². The molecule has 3 heterocycles. The quantitative estimate of drug-likeness (QED) is 0.847. The maximum Gasteiger partial charge on any atom is 0.257 e. The van der Waals surface area contributed by atoms with Gasteiger partial charge in [0, 0.05) is 45.1 Å². The number of halogens is 1. The first-order valence-corrected chi connectivity index (χ1v) is 7.59. The highest BCUT2D eigenvalue weighted by molar-refractivity contribution is 6.32. The number of carbonyl (C=O) groups excluding carboxylic acids is 1. The number of nitrogens with zero attached hydrogens (tertiary/aromatic N) is 5. The topological polar surface area (TPSA) is 54.3 Å². The van der Waals surface area contributed by atoms with Gasteiger partial charge in [-0.2, -0.15) is 5.10 Å². The summed E-state index contributed by atoms with van der Waals surface area (Å²) < 4.78 is 1.64. The molecular weight excluding hydrogens is 302 g/mol. The fraction of sp³-hybridized carbons (Fsp3) is 0.400. The lowest BCUT2D eigenvalue weighted by Crippen LogP contribution is -2.54. The van der Waals surface area contributed by atoms with Crippen LogP contribution in [0, 0.1) is 0 Å². The predicted octanol–water partition coefficient (Wildman–Crippen LogP) is 1.82. The van der Waals surface area contributed by atoms with Gasteiger partial charge in [0.25, 0.3) is 5.91 Å². The van der Waals surface area contributed by atoms with Gasteiger partial charge in [-0.15, -0.1) is 0 Å². The Morgan fingerprint density at radius 2 is 2.23 bits per heavy atom. The van der Waals surface area contributed by atoms with Crippen LogP contribution in [-0.4, -0.2) is 51.2 Å². The number of carbonyl (C=O) groups is 1. The maximum atomic E-state index is 12.5. The Kier molecular flexibility index (Phi) is 4.02. The molecule has 1 atom stereocenters. The molecule has 1 aliphatic rings. The fourth-order valence-corrected chi connectivity index (χ4v) is 3.00. The van der Waals surface area contributed by atoms with Gasteiger partial charge in [0.15, 0.2) is 0 Å². The van der Waals surface area contributed by atoms with Crippen LogP contribution in [0.1, 0.15) is 17.3 Å². The summed E-state index contributed by atoms with van der Waals surface area (Å²) >= 11 is 6.21. The molecule has 1 unspecified atom stereocenters. The van der Waals surface area contributed by atoms with Crippen molar-refractivity contribution >= 4 is 23.3 Å². The Bertz CT molecular complexity index is 686. The minimum atomic E-state index is 0.0207. The summed E-state index contributed by atoms with van der Waals surface area (Å²) in [7, 11) is 1.81. The molecule has 1 amide bonds. The van der Waals surface area contributed by atoms with E-state index < -0.39 is 0 Å². The molecule has 1 aliphatic heterocycles. The first-order chi connectivity index (χ1) is 10.6. The highest BCUT2D eigenvalue weighted by Crippen LogP contribution is 2.25. The second-order valence-electron chi connectivity index (χ2n) is 5.51. The van der Waals surface area contributed by atoms with Crippen LogP contribution >= 0.6 is 11.6 Å². The van der Waals surface area contributed by atoms with Crippen molar-refractivity contribution < 1.29 is 4.79 Å². The highest BCUT2D eigenvalue weighted by Gasteiger charge is 2.29. The van der Waals surface area contributed by atoms with Crippen molar-refractivity contribution in [3.63, 3.8) is 0 Å². The van der Waals surface area contributed by atoms with E-state index in [-0.39, 0.29) is 11.9 Å². The number of hydrogen-bond donors (Lipinski definition) is 0. The lowest BCUT2D eigenvalue weighted by atomic mass is 10.1. The van der Waals surface area contributed by atoms with Crippen molar-refractivity contribution in [2.45, 2.75) is 13.0 Å². The molecule has 0 radical (unpaired) electrons. The van der Waals surface area contributed by atoms with E-state index in [0.29, 0.717) is 30.2 Å². The Morgan fingerprint density at radius 1 is 1.41 bits per heavy atom. The normalized spacial score (nSPS) is 18.6. The summed E-state index contributed by atoms with van der Waals surface area (Å²) in [4.78, 5) is 20.9. The molecule has 0 aliphatic carbocycles. The second-order valence-corrected chi connectivity index (χ2v) is 5.91. The Labute approximate surface area is 134 Å². The van der Waals surface area contributed by atoms with Gasteiger partial charge in [0.05, 0.1) is 16.8 Å². The summed E-state index contributed by atoms with van der Waals surface area (Å²) in [6.07, 6.45) is 5.09. The van der Waals surface area contributed by atoms with E-state index >= 15 is 0 Å². The molecule has 0 saturated carbocycles. The van der Waals surface area contributed by atoms with Gasteiger partial charge in [-0.25, -0.2) is 4.98 Å². The Morgan fingerprint density at radius 3 is 2.86 bits per heavy atom. The molecule has 0 spiro atoms. The fourth-order valence-electron chi connectivity index (χ4n) is 2.76. The lowest BCUT2D eigenvalue weighted by molar-refractivity contribution is 0.0673. The predicted molar refractivity (Wildman–Crippen MR) is 85.2 cm³/mol. The van der Waals surface area contributed by atoms with Crippen molar-refractivity contribution in [3.05, 3.63) is 41.3 Å². The van der Waals surface area contributed by atoms with Crippen molar-refractivity contribution in [1.29, 1.82) is 0 Å². The molecule has 0 aromatic carbocycles. The average Bonchev–Trinajstić information content (AvgIpc) is 2.93. The standard InChI is InChI=1S/C15H18ClN5O/c1-11-9-20(14-13(16)4-3-5-17-14)6-7-21(11)15(22)12-8-18-19(2)10-12/h3-5,8,10-11H,6-7,9H2,1-2H3. The Balaban J connectivity index is 1.73. The number of aromatic nitrogens is 3. The van der Waals surface area contributed by atoms with E-state index in [4.69, 9.17) is 11.6 Å². The number of rotatable bonds is 2. The number of anilines is 1. The molecule has 1 fully saturated rings. The molecule has 116 valence electrons. The molecule has 7 heteroatoms. The van der Waals surface area contributed by atoms with Crippen molar-refractivity contribution in [2.24, 2.45) is 7.05 Å². The molecule has 0 bridgehead atoms. The minimum Gasteiger partial charge on any atom is -0.352 e. The zero-order chi connectivity index (χ0) is 15.7. The zero-order valence-electron chi connectivity index (χ0n) is 12.6. The van der Waals surface area contributed by atoms with Gasteiger partial charge in [0.2, 0.25) is 0 Å². The van der Waals surface area contributed by atoms with Crippen LogP contribution < -0.4 is 4.90 Å². The van der Waals surface area contributed by atoms with Gasteiger partial charge < -0.3 is 9.80 Å². The molecular formula is C15H18ClN5O. The molecule has 1 saturated heterocycles. The third-order valence-electron chi connectivity index (χ3n) is 3.88. The van der Waals surface area contributed by atoms with Crippen LogP contribution in [0.15, 0.2) is 30.7 Å². The number of amides is 1. The first kappa shape index (κ1) is 14.8. The van der Waals surface area contributed by atoms with Gasteiger partial charge in [0.1, 0.15) is 5.82 Å². The zero-order valence-corrected chi connectivity index (χ0v) is 13.4. The third kappa shape index (κ3) is 2.78. The highest BCUT2D eigenvalue weighted by atomic mass is 35.5. The molecule has 0 N–H and O–H groups in total. The molecule has 2 aromatic heterocycles. The van der Waals surface area contributed by atoms with Crippen molar-refractivity contribution in [3.8, 4) is 0 Å². The number of aryl methyl sites for hydroxylation is 1. The first-order valence-electron chi connectivity index (χ1n) is 7.21. The number of hydrogen-bond acceptors (Lipinski definition) is 4. The maximum absolute atomic E-state index is 12.5. The monoisotopic (exact) mass is 319 g/mol. The van der Waals surface area contributed by atoms with Gasteiger partial charge in [-0.1, -0.05) is 11.6 Å². The number of piperazine rings is 1. The molecule has 6 nitrogen and oxygen atoms in total. The van der Waals surface area contributed by atoms with Crippen molar-refractivity contribution in [1.82, 2.24) is 19.7 Å². The average molecular weight is 320 g/mol. The molecule has 22 heavy (non-hydrogen) atoms. The minimum absolute atomic E-state index is 0.0207. The third-order valence-corrected chi connectivity index (χ3v) is 4.17. The number of pyridine rings is 1. The molecule has 2 aromatic rings. The van der Waals surface area contributed by atoms with Crippen LogP contribution in [0.5, 0.6) is 0 Å². The summed E-state index contributed by atoms with van der Waals surface area (Å²) in [6.45, 7) is 4.11. The van der Waals surface area contributed by atoms with Gasteiger partial charge in [-0.3, -0.25) is 9.48 Å². The van der Waals surface area contributed by atoms with E-state index in [1.165, 1.54) is 0 Å². The van der Waals surface area contributed by atoms with Crippen LogP contribution in [0.2, 0.25) is 5.02 Å². The summed E-state index contributed by atoms with van der Waals surface area (Å²) in [6, 6.07) is 3.73. The van der Waals surface area contributed by atoms with E-state index in [1.54, 1.807) is 30.3 Å². The van der Waals surface area contributed by atoms with Gasteiger partial charge in [-0.05, 0) is 19.1 Å². The largest absolute Gasteiger partial charge is 0.352 e. The summed E-state index contributed by atoms with van der Waals surface area (Å²) in [5, 5.41) is 4.70. The van der Waals surface area contributed by atoms with Crippen LogP contribution in [0.3, 0.4) is 0 Å². The van der Waals surface area contributed by atoms with E-state index in [2.05, 4.69) is 15.0 Å².